The minimum Gasteiger partial charge on any atom is -0.496 e. The summed E-state index contributed by atoms with van der Waals surface area (Å²) in [5, 5.41) is 0.943. The molecule has 1 aromatic heterocycles. The highest BCUT2D eigenvalue weighted by Crippen LogP contribution is 2.28. The molecular weight excluding hydrogens is 306 g/mol. The van der Waals surface area contributed by atoms with Gasteiger partial charge in [0.2, 0.25) is 0 Å². The van der Waals surface area contributed by atoms with Crippen LogP contribution in [-0.2, 0) is 9.53 Å². The quantitative estimate of drug-likeness (QED) is 0.454. The molecule has 0 amide bonds. The van der Waals surface area contributed by atoms with E-state index in [2.05, 4.69) is 24.6 Å². The molecule has 0 N–H and O–H groups in total. The molecule has 1 heterocycles. The Labute approximate surface area is 138 Å². The molecule has 1 aromatic carbocycles. The maximum Gasteiger partial charge on any atom is 0.330 e. The summed E-state index contributed by atoms with van der Waals surface area (Å²) in [6, 6.07) is 8.55. The van der Waals surface area contributed by atoms with Crippen LogP contribution >= 0.6 is 0 Å². The number of benzene rings is 1. The summed E-state index contributed by atoms with van der Waals surface area (Å²) in [6.07, 6.45) is 4.93. The average molecular weight is 329 g/mol. The highest BCUT2D eigenvalue weighted by molar-refractivity contribution is 6.76. The topological polar surface area (TPSA) is 48.4 Å². The minimum atomic E-state index is -1.19. The minimum absolute atomic E-state index is 0.328. The first-order chi connectivity index (χ1) is 10.9. The monoisotopic (exact) mass is 329 g/mol. The molecule has 0 unspecified atom stereocenters. The van der Waals surface area contributed by atoms with Crippen molar-refractivity contribution in [2.24, 2.45) is 0 Å². The average Bonchev–Trinajstić information content (AvgIpc) is 2.51. The third-order valence-corrected chi connectivity index (χ3v) is 5.19. The molecule has 0 fully saturated rings. The second-order valence-corrected chi connectivity index (χ2v) is 12.2. The Morgan fingerprint density at radius 2 is 2.04 bits per heavy atom. The Morgan fingerprint density at radius 1 is 1.26 bits per heavy atom. The van der Waals surface area contributed by atoms with E-state index < -0.39 is 8.07 Å². The van der Waals surface area contributed by atoms with Crippen molar-refractivity contribution in [2.45, 2.75) is 25.7 Å². The van der Waals surface area contributed by atoms with Crippen molar-refractivity contribution < 1.29 is 14.3 Å². The SMILES string of the molecule is COc1ccc2ncccc2c1/C=C/C(=O)OCC[Si](C)(C)C. The lowest BCUT2D eigenvalue weighted by atomic mass is 10.1. The molecule has 0 spiro atoms. The van der Waals surface area contributed by atoms with Crippen molar-refractivity contribution in [2.75, 3.05) is 13.7 Å². The molecular formula is C18H23NO3Si. The van der Waals surface area contributed by atoms with Crippen molar-refractivity contribution in [3.63, 3.8) is 0 Å². The zero-order valence-corrected chi connectivity index (χ0v) is 15.1. The first-order valence-corrected chi connectivity index (χ1v) is 11.4. The number of esters is 1. The Bertz CT molecular complexity index is 720. The Kier molecular flexibility index (Phi) is 5.55. The van der Waals surface area contributed by atoms with E-state index in [4.69, 9.17) is 9.47 Å². The van der Waals surface area contributed by atoms with E-state index in [9.17, 15) is 4.79 Å². The first kappa shape index (κ1) is 17.2. The van der Waals surface area contributed by atoms with Crippen LogP contribution in [0.1, 0.15) is 5.56 Å². The van der Waals surface area contributed by atoms with E-state index in [1.807, 2.05) is 24.3 Å². The highest BCUT2D eigenvalue weighted by atomic mass is 28.3. The van der Waals surface area contributed by atoms with Crippen molar-refractivity contribution in [3.05, 3.63) is 42.1 Å². The predicted octanol–water partition coefficient (Wildman–Crippen LogP) is 4.14. The largest absolute Gasteiger partial charge is 0.496 e. The van der Waals surface area contributed by atoms with Gasteiger partial charge < -0.3 is 9.47 Å². The van der Waals surface area contributed by atoms with Crippen LogP contribution in [0.15, 0.2) is 36.5 Å². The summed E-state index contributed by atoms with van der Waals surface area (Å²) >= 11 is 0. The number of carbonyl (C=O) groups excluding carboxylic acids is 1. The maximum atomic E-state index is 11.9. The summed E-state index contributed by atoms with van der Waals surface area (Å²) in [7, 11) is 0.421. The normalized spacial score (nSPS) is 11.8. The van der Waals surface area contributed by atoms with Crippen LogP contribution in [-0.4, -0.2) is 32.7 Å². The maximum absolute atomic E-state index is 11.9. The fraction of sp³-hybridized carbons (Fsp3) is 0.333. The molecule has 0 aliphatic carbocycles. The van der Waals surface area contributed by atoms with E-state index in [-0.39, 0.29) is 5.97 Å². The van der Waals surface area contributed by atoms with E-state index >= 15 is 0 Å². The van der Waals surface area contributed by atoms with Gasteiger partial charge in [0.25, 0.3) is 0 Å². The summed E-state index contributed by atoms with van der Waals surface area (Å²) in [4.78, 5) is 16.2. The Morgan fingerprint density at radius 3 is 2.74 bits per heavy atom. The third kappa shape index (κ3) is 4.92. The van der Waals surface area contributed by atoms with Gasteiger partial charge in [0.1, 0.15) is 5.75 Å². The van der Waals surface area contributed by atoms with E-state index in [0.29, 0.717) is 12.4 Å². The van der Waals surface area contributed by atoms with E-state index in [0.717, 1.165) is 22.5 Å². The lowest BCUT2D eigenvalue weighted by Gasteiger charge is -2.14. The number of fused-ring (bicyclic) bond motifs is 1. The number of pyridine rings is 1. The molecule has 23 heavy (non-hydrogen) atoms. The number of carbonyl (C=O) groups is 1. The lowest BCUT2D eigenvalue weighted by molar-refractivity contribution is -0.137. The predicted molar refractivity (Wildman–Crippen MR) is 96.4 cm³/mol. The van der Waals surface area contributed by atoms with Gasteiger partial charge in [-0.15, -0.1) is 0 Å². The molecule has 0 radical (unpaired) electrons. The molecule has 0 aliphatic heterocycles. The second-order valence-electron chi connectivity index (χ2n) is 6.56. The molecule has 0 saturated heterocycles. The van der Waals surface area contributed by atoms with Gasteiger partial charge in [-0.3, -0.25) is 4.98 Å². The third-order valence-electron chi connectivity index (χ3n) is 3.49. The van der Waals surface area contributed by atoms with Gasteiger partial charge in [0.05, 0.1) is 19.2 Å². The van der Waals surface area contributed by atoms with Crippen LogP contribution in [0.4, 0.5) is 0 Å². The van der Waals surface area contributed by atoms with Gasteiger partial charge in [-0.1, -0.05) is 25.7 Å². The van der Waals surface area contributed by atoms with Crippen molar-refractivity contribution >= 4 is 31.0 Å². The van der Waals surface area contributed by atoms with Gasteiger partial charge >= 0.3 is 5.97 Å². The van der Waals surface area contributed by atoms with Crippen LogP contribution in [0.25, 0.3) is 17.0 Å². The smallest absolute Gasteiger partial charge is 0.330 e. The van der Waals surface area contributed by atoms with Crippen LogP contribution < -0.4 is 4.74 Å². The van der Waals surface area contributed by atoms with Gasteiger partial charge in [-0.25, -0.2) is 4.79 Å². The molecule has 122 valence electrons. The molecule has 2 rings (SSSR count). The van der Waals surface area contributed by atoms with Gasteiger partial charge in [-0.2, -0.15) is 0 Å². The van der Waals surface area contributed by atoms with Gasteiger partial charge in [0.15, 0.2) is 0 Å². The number of ether oxygens (including phenoxy) is 2. The molecule has 4 nitrogen and oxygen atoms in total. The van der Waals surface area contributed by atoms with Crippen molar-refractivity contribution in [1.29, 1.82) is 0 Å². The summed E-state index contributed by atoms with van der Waals surface area (Å²) in [5.74, 6) is 0.378. The van der Waals surface area contributed by atoms with Crippen molar-refractivity contribution in [1.82, 2.24) is 4.98 Å². The number of rotatable bonds is 6. The molecule has 0 aliphatic rings. The Balaban J connectivity index is 2.15. The fourth-order valence-electron chi connectivity index (χ4n) is 2.16. The number of hydrogen-bond donors (Lipinski definition) is 0. The summed E-state index contributed by atoms with van der Waals surface area (Å²) in [6.45, 7) is 7.24. The molecule has 0 saturated carbocycles. The molecule has 2 aromatic rings. The van der Waals surface area contributed by atoms with E-state index in [1.54, 1.807) is 19.4 Å². The van der Waals surface area contributed by atoms with Crippen LogP contribution in [0.2, 0.25) is 25.7 Å². The summed E-state index contributed by atoms with van der Waals surface area (Å²) in [5.41, 5.74) is 1.69. The van der Waals surface area contributed by atoms with Crippen LogP contribution in [0.5, 0.6) is 5.75 Å². The molecule has 5 heteroatoms. The zero-order valence-electron chi connectivity index (χ0n) is 14.1. The standard InChI is InChI=1S/C18H23NO3Si/c1-21-17-9-8-16-14(6-5-11-19-16)15(17)7-10-18(20)22-12-13-23(2,3)4/h5-11H,12-13H2,1-4H3/b10-7+. The van der Waals surface area contributed by atoms with E-state index in [1.165, 1.54) is 6.08 Å². The number of hydrogen-bond acceptors (Lipinski definition) is 4. The van der Waals surface area contributed by atoms with Gasteiger partial charge in [0, 0.05) is 31.3 Å². The number of nitrogens with zero attached hydrogens (tertiary/aromatic N) is 1. The Hall–Kier alpha value is -2.14. The van der Waals surface area contributed by atoms with Crippen molar-refractivity contribution in [3.8, 4) is 5.75 Å². The molecule has 0 atom stereocenters. The van der Waals surface area contributed by atoms with Gasteiger partial charge in [-0.05, 0) is 30.3 Å². The number of methoxy groups -OCH3 is 1. The fourth-order valence-corrected chi connectivity index (χ4v) is 2.88. The second kappa shape index (κ2) is 7.42. The molecule has 0 bridgehead atoms. The van der Waals surface area contributed by atoms with Crippen LogP contribution in [0.3, 0.4) is 0 Å². The summed E-state index contributed by atoms with van der Waals surface area (Å²) < 4.78 is 10.7. The lowest BCUT2D eigenvalue weighted by Crippen LogP contribution is -2.22. The zero-order chi connectivity index (χ0) is 16.9. The van der Waals surface area contributed by atoms with Crippen LogP contribution in [0, 0.1) is 0 Å². The highest BCUT2D eigenvalue weighted by Gasteiger charge is 2.13. The first-order valence-electron chi connectivity index (χ1n) is 7.67. The number of aromatic nitrogens is 1.